The van der Waals surface area contributed by atoms with Gasteiger partial charge in [-0.3, -0.25) is 9.59 Å². The van der Waals surface area contributed by atoms with Gasteiger partial charge in [0.15, 0.2) is 23.0 Å². The van der Waals surface area contributed by atoms with Crippen LogP contribution in [-0.2, 0) is 16.0 Å². The first kappa shape index (κ1) is 20.6. The van der Waals surface area contributed by atoms with Crippen LogP contribution in [0.4, 0.5) is 0 Å². The minimum atomic E-state index is -0.968. The van der Waals surface area contributed by atoms with Gasteiger partial charge in [-0.15, -0.1) is 0 Å². The van der Waals surface area contributed by atoms with Gasteiger partial charge >= 0.3 is 11.9 Å². The number of hydrogen-bond acceptors (Lipinski definition) is 6. The topological polar surface area (TPSA) is 156 Å². The average molecular weight is 364 g/mol. The first-order chi connectivity index (χ1) is 12.1. The molecule has 6 N–H and O–H groups in total. The van der Waals surface area contributed by atoms with Crippen LogP contribution in [0.1, 0.15) is 30.4 Å². The Bertz CT molecular complexity index is 785. The molecule has 1 atom stereocenters. The number of aliphatic carboxylic acids is 2. The molecule has 8 nitrogen and oxygen atoms in total. The van der Waals surface area contributed by atoms with Crippen molar-refractivity contribution in [3.05, 3.63) is 47.5 Å². The summed E-state index contributed by atoms with van der Waals surface area (Å²) in [5, 5.41) is 53.1. The number of rotatable bonds is 5. The highest BCUT2D eigenvalue weighted by Gasteiger charge is 2.14. The molecule has 8 heteroatoms. The zero-order valence-corrected chi connectivity index (χ0v) is 14.0. The molecule has 2 rings (SSSR count). The van der Waals surface area contributed by atoms with Gasteiger partial charge in [0.25, 0.3) is 0 Å². The zero-order valence-electron chi connectivity index (χ0n) is 14.0. The summed E-state index contributed by atoms with van der Waals surface area (Å²) in [6.45, 7) is 1.51. The Morgan fingerprint density at radius 3 is 1.85 bits per heavy atom. The summed E-state index contributed by atoms with van der Waals surface area (Å²) < 4.78 is 0. The molecule has 0 heterocycles. The number of aromatic hydroxyl groups is 4. The van der Waals surface area contributed by atoms with Gasteiger partial charge in [0.05, 0.1) is 5.92 Å². The van der Waals surface area contributed by atoms with Crippen LogP contribution in [-0.4, -0.2) is 42.6 Å². The molecule has 0 aliphatic rings. The van der Waals surface area contributed by atoms with Gasteiger partial charge in [0.2, 0.25) is 0 Å². The molecule has 0 aliphatic heterocycles. The molecule has 0 fully saturated rings. The summed E-state index contributed by atoms with van der Waals surface area (Å²) in [5.74, 6) is -3.50. The SMILES string of the molecule is CC(C(=O)O)c1ccc(O)c(O)c1.O=C(O)CCc1ccc(O)c(O)c1. The van der Waals surface area contributed by atoms with Crippen LogP contribution in [0.3, 0.4) is 0 Å². The maximum atomic E-state index is 10.6. The number of carboxylic acids is 2. The normalized spacial score (nSPS) is 11.1. The molecule has 0 amide bonds. The zero-order chi connectivity index (χ0) is 19.9. The van der Waals surface area contributed by atoms with Gasteiger partial charge in [0, 0.05) is 6.42 Å². The lowest BCUT2D eigenvalue weighted by Gasteiger charge is -2.07. The van der Waals surface area contributed by atoms with E-state index in [0.29, 0.717) is 17.5 Å². The number of carbonyl (C=O) groups is 2. The van der Waals surface area contributed by atoms with Gasteiger partial charge in [-0.25, -0.2) is 0 Å². The quantitative estimate of drug-likeness (QED) is 0.442. The molecule has 2 aromatic rings. The number of carboxylic acid groups (broad SMARTS) is 2. The second kappa shape index (κ2) is 9.16. The van der Waals surface area contributed by atoms with Crippen LogP contribution in [0, 0.1) is 0 Å². The first-order valence-electron chi connectivity index (χ1n) is 7.59. The molecule has 140 valence electrons. The maximum absolute atomic E-state index is 10.6. The predicted octanol–water partition coefficient (Wildman–Crippen LogP) is 2.40. The van der Waals surface area contributed by atoms with Gasteiger partial charge in [-0.2, -0.15) is 0 Å². The summed E-state index contributed by atoms with van der Waals surface area (Å²) in [6.07, 6.45) is 0.368. The van der Waals surface area contributed by atoms with Crippen molar-refractivity contribution in [2.45, 2.75) is 25.7 Å². The molecule has 0 radical (unpaired) electrons. The summed E-state index contributed by atoms with van der Waals surface area (Å²) >= 11 is 0. The van der Waals surface area contributed by atoms with E-state index in [4.69, 9.17) is 30.6 Å². The Morgan fingerprint density at radius 2 is 1.38 bits per heavy atom. The van der Waals surface area contributed by atoms with E-state index in [9.17, 15) is 9.59 Å². The van der Waals surface area contributed by atoms with Crippen molar-refractivity contribution in [2.24, 2.45) is 0 Å². The third-order valence-corrected chi connectivity index (χ3v) is 3.54. The lowest BCUT2D eigenvalue weighted by molar-refractivity contribution is -0.138. The third kappa shape index (κ3) is 6.23. The molecule has 0 saturated heterocycles. The summed E-state index contributed by atoms with van der Waals surface area (Å²) in [4.78, 5) is 20.8. The molecule has 0 aromatic heterocycles. The Balaban J connectivity index is 0.000000260. The molecular formula is C18H20O8. The van der Waals surface area contributed by atoms with Gasteiger partial charge in [-0.05, 0) is 48.7 Å². The van der Waals surface area contributed by atoms with Crippen molar-refractivity contribution >= 4 is 11.9 Å². The first-order valence-corrected chi connectivity index (χ1v) is 7.59. The fourth-order valence-corrected chi connectivity index (χ4v) is 1.93. The summed E-state index contributed by atoms with van der Waals surface area (Å²) in [7, 11) is 0. The van der Waals surface area contributed by atoms with Crippen molar-refractivity contribution in [3.8, 4) is 23.0 Å². The van der Waals surface area contributed by atoms with Crippen molar-refractivity contribution < 1.29 is 40.2 Å². The van der Waals surface area contributed by atoms with Gasteiger partial charge in [-0.1, -0.05) is 12.1 Å². The Labute approximate surface area is 149 Å². The van der Waals surface area contributed by atoms with Crippen LogP contribution in [0.15, 0.2) is 36.4 Å². The smallest absolute Gasteiger partial charge is 0.310 e. The lowest BCUT2D eigenvalue weighted by Crippen LogP contribution is -2.06. The number of phenols is 4. The standard InChI is InChI=1S/2C9H10O4/c1-5(9(12)13)6-2-3-7(10)8(11)4-6;10-7-3-1-6(5-8(7)11)2-4-9(12)13/h2-5,10-11H,1H3,(H,12,13);1,3,5,10-11H,2,4H2,(H,12,13). The van der Waals surface area contributed by atoms with Crippen molar-refractivity contribution in [3.63, 3.8) is 0 Å². The van der Waals surface area contributed by atoms with Crippen LogP contribution < -0.4 is 0 Å². The van der Waals surface area contributed by atoms with Crippen LogP contribution in [0.25, 0.3) is 0 Å². The highest BCUT2D eigenvalue weighted by molar-refractivity contribution is 5.75. The van der Waals surface area contributed by atoms with E-state index in [1.165, 1.54) is 37.3 Å². The minimum Gasteiger partial charge on any atom is -0.504 e. The van der Waals surface area contributed by atoms with Crippen LogP contribution in [0.2, 0.25) is 0 Å². The molecule has 0 spiro atoms. The fourth-order valence-electron chi connectivity index (χ4n) is 1.93. The van der Waals surface area contributed by atoms with E-state index in [0.717, 1.165) is 0 Å². The molecule has 26 heavy (non-hydrogen) atoms. The number of phenolic OH excluding ortho intramolecular Hbond substituents is 4. The average Bonchev–Trinajstić information content (AvgIpc) is 2.58. The molecule has 1 unspecified atom stereocenters. The van der Waals surface area contributed by atoms with E-state index in [-0.39, 0.29) is 29.4 Å². The van der Waals surface area contributed by atoms with E-state index in [2.05, 4.69) is 0 Å². The van der Waals surface area contributed by atoms with E-state index >= 15 is 0 Å². The van der Waals surface area contributed by atoms with Gasteiger partial charge < -0.3 is 30.6 Å². The lowest BCUT2D eigenvalue weighted by atomic mass is 10.0. The van der Waals surface area contributed by atoms with Crippen LogP contribution in [0.5, 0.6) is 23.0 Å². The fraction of sp³-hybridized carbons (Fsp3) is 0.222. The highest BCUT2D eigenvalue weighted by atomic mass is 16.4. The summed E-state index contributed by atoms with van der Waals surface area (Å²) in [6, 6.07) is 8.26. The molecule has 2 aromatic carbocycles. The van der Waals surface area contributed by atoms with Crippen molar-refractivity contribution in [2.75, 3.05) is 0 Å². The van der Waals surface area contributed by atoms with Gasteiger partial charge in [0.1, 0.15) is 0 Å². The van der Waals surface area contributed by atoms with Crippen LogP contribution >= 0.6 is 0 Å². The molecule has 0 saturated carbocycles. The predicted molar refractivity (Wildman–Crippen MR) is 91.6 cm³/mol. The minimum absolute atomic E-state index is 0.0181. The van der Waals surface area contributed by atoms with E-state index in [1.807, 2.05) is 0 Å². The number of benzene rings is 2. The van der Waals surface area contributed by atoms with E-state index < -0.39 is 17.9 Å². The maximum Gasteiger partial charge on any atom is 0.310 e. The largest absolute Gasteiger partial charge is 0.504 e. The van der Waals surface area contributed by atoms with E-state index in [1.54, 1.807) is 6.07 Å². The summed E-state index contributed by atoms with van der Waals surface area (Å²) in [5.41, 5.74) is 1.15. The second-order valence-electron chi connectivity index (χ2n) is 5.52. The Hall–Kier alpha value is -3.42. The molecule has 0 aliphatic carbocycles. The number of aryl methyl sites for hydroxylation is 1. The Morgan fingerprint density at radius 1 is 0.846 bits per heavy atom. The van der Waals surface area contributed by atoms with Crippen molar-refractivity contribution in [1.29, 1.82) is 0 Å². The Kier molecular flexibility index (Phi) is 7.27. The third-order valence-electron chi connectivity index (χ3n) is 3.54. The highest BCUT2D eigenvalue weighted by Crippen LogP contribution is 2.28. The van der Waals surface area contributed by atoms with Crippen molar-refractivity contribution in [1.82, 2.24) is 0 Å². The second-order valence-corrected chi connectivity index (χ2v) is 5.52. The monoisotopic (exact) mass is 364 g/mol. The molecule has 0 bridgehead atoms. The number of hydrogen-bond donors (Lipinski definition) is 6. The molecular weight excluding hydrogens is 344 g/mol.